The van der Waals surface area contributed by atoms with Crippen LogP contribution in [0.1, 0.15) is 71.0 Å². The van der Waals surface area contributed by atoms with E-state index in [2.05, 4.69) is 59.1 Å². The molecule has 1 fully saturated rings. The molecule has 3 rings (SSSR count). The van der Waals surface area contributed by atoms with Gasteiger partial charge in [0, 0.05) is 24.0 Å². The van der Waals surface area contributed by atoms with Gasteiger partial charge in [0.1, 0.15) is 0 Å². The molecule has 1 unspecified atom stereocenters. The summed E-state index contributed by atoms with van der Waals surface area (Å²) in [7, 11) is 0. The Labute approximate surface area is 130 Å². The smallest absolute Gasteiger partial charge is 0.0318 e. The molecule has 2 nitrogen and oxygen atoms in total. The van der Waals surface area contributed by atoms with Crippen LogP contribution in [-0.4, -0.2) is 4.57 Å². The molecular weight excluding hydrogens is 256 g/mol. The van der Waals surface area contributed by atoms with Crippen molar-refractivity contribution in [3.8, 4) is 0 Å². The van der Waals surface area contributed by atoms with E-state index in [1.807, 2.05) is 0 Å². The lowest BCUT2D eigenvalue weighted by Gasteiger charge is -2.34. The molecular formula is C19H32N2. The predicted octanol–water partition coefficient (Wildman–Crippen LogP) is 4.45. The first kappa shape index (κ1) is 15.1. The average Bonchev–Trinajstić information content (AvgIpc) is 2.59. The van der Waals surface area contributed by atoms with Gasteiger partial charge in [-0.15, -0.1) is 0 Å². The zero-order valence-electron chi connectivity index (χ0n) is 14.9. The number of aryl methyl sites for hydroxylation is 1. The van der Waals surface area contributed by atoms with Gasteiger partial charge in [-0.2, -0.15) is 0 Å². The summed E-state index contributed by atoms with van der Waals surface area (Å²) in [5, 5.41) is 0. The van der Waals surface area contributed by atoms with Crippen molar-refractivity contribution in [3.63, 3.8) is 0 Å². The lowest BCUT2D eigenvalue weighted by atomic mass is 9.74. The third-order valence-electron chi connectivity index (χ3n) is 6.95. The average molecular weight is 288 g/mol. The van der Waals surface area contributed by atoms with Crippen molar-refractivity contribution >= 4 is 0 Å². The molecule has 0 amide bonds. The van der Waals surface area contributed by atoms with Gasteiger partial charge >= 0.3 is 0 Å². The van der Waals surface area contributed by atoms with Gasteiger partial charge in [-0.05, 0) is 53.6 Å². The van der Waals surface area contributed by atoms with E-state index < -0.39 is 0 Å². The molecule has 0 aliphatic heterocycles. The van der Waals surface area contributed by atoms with E-state index in [0.717, 1.165) is 25.3 Å². The van der Waals surface area contributed by atoms with Crippen LogP contribution in [0.25, 0.3) is 0 Å². The molecule has 1 aromatic rings. The van der Waals surface area contributed by atoms with E-state index in [0.29, 0.717) is 16.2 Å². The van der Waals surface area contributed by atoms with Crippen molar-refractivity contribution in [3.05, 3.63) is 23.0 Å². The fraction of sp³-hybridized carbons (Fsp3) is 0.789. The number of hydrogen-bond acceptors (Lipinski definition) is 1. The predicted molar refractivity (Wildman–Crippen MR) is 89.3 cm³/mol. The van der Waals surface area contributed by atoms with Crippen LogP contribution in [0.4, 0.5) is 0 Å². The molecule has 2 aliphatic carbocycles. The summed E-state index contributed by atoms with van der Waals surface area (Å²) in [6.45, 7) is 17.8. The second-order valence-electron chi connectivity index (χ2n) is 9.45. The van der Waals surface area contributed by atoms with Gasteiger partial charge < -0.3 is 10.3 Å². The normalized spacial score (nSPS) is 29.2. The van der Waals surface area contributed by atoms with Crippen LogP contribution in [0.3, 0.4) is 0 Å². The largest absolute Gasteiger partial charge is 0.348 e. The molecule has 2 aliphatic rings. The number of nitrogens with two attached hydrogens (primary N) is 1. The number of nitrogens with zero attached hydrogens (tertiary/aromatic N) is 1. The summed E-state index contributed by atoms with van der Waals surface area (Å²) in [6.07, 6.45) is 2.27. The number of rotatable bonds is 2. The van der Waals surface area contributed by atoms with Crippen molar-refractivity contribution in [2.24, 2.45) is 27.9 Å². The lowest BCUT2D eigenvalue weighted by Crippen LogP contribution is -2.30. The van der Waals surface area contributed by atoms with Crippen molar-refractivity contribution < 1.29 is 0 Å². The zero-order valence-corrected chi connectivity index (χ0v) is 14.9. The van der Waals surface area contributed by atoms with E-state index in [4.69, 9.17) is 5.73 Å². The molecule has 118 valence electrons. The van der Waals surface area contributed by atoms with E-state index in [9.17, 15) is 0 Å². The van der Waals surface area contributed by atoms with Crippen LogP contribution in [0.2, 0.25) is 0 Å². The maximum absolute atomic E-state index is 6.44. The molecule has 1 aromatic heterocycles. The minimum atomic E-state index is 0.212. The summed E-state index contributed by atoms with van der Waals surface area (Å²) < 4.78 is 2.58. The highest BCUT2D eigenvalue weighted by molar-refractivity contribution is 5.34. The van der Waals surface area contributed by atoms with Gasteiger partial charge in [0.15, 0.2) is 0 Å². The Morgan fingerprint density at radius 1 is 1.14 bits per heavy atom. The fourth-order valence-electron chi connectivity index (χ4n) is 4.73. The summed E-state index contributed by atoms with van der Waals surface area (Å²) in [5.74, 6) is 0.765. The monoisotopic (exact) mass is 288 g/mol. The third kappa shape index (κ3) is 2.10. The Morgan fingerprint density at radius 3 is 2.24 bits per heavy atom. The molecule has 0 aromatic carbocycles. The lowest BCUT2D eigenvalue weighted by molar-refractivity contribution is 0.273. The first-order valence-electron chi connectivity index (χ1n) is 8.42. The molecule has 21 heavy (non-hydrogen) atoms. The van der Waals surface area contributed by atoms with Gasteiger partial charge in [0.25, 0.3) is 0 Å². The van der Waals surface area contributed by atoms with Crippen molar-refractivity contribution in [2.75, 3.05) is 0 Å². The Balaban J connectivity index is 1.95. The summed E-state index contributed by atoms with van der Waals surface area (Å²) in [5.41, 5.74) is 12.0. The van der Waals surface area contributed by atoms with Gasteiger partial charge in [-0.25, -0.2) is 0 Å². The maximum atomic E-state index is 6.44. The molecule has 2 N–H and O–H groups in total. The fourth-order valence-corrected chi connectivity index (χ4v) is 4.73. The number of hydrogen-bond donors (Lipinski definition) is 1. The van der Waals surface area contributed by atoms with Crippen LogP contribution in [0.15, 0.2) is 6.07 Å². The minimum Gasteiger partial charge on any atom is -0.348 e. The Hall–Kier alpha value is -0.760. The van der Waals surface area contributed by atoms with Gasteiger partial charge in [0.05, 0.1) is 0 Å². The Kier molecular flexibility index (Phi) is 3.00. The highest BCUT2D eigenvalue weighted by Crippen LogP contribution is 2.69. The highest BCUT2D eigenvalue weighted by atomic mass is 15.0. The topological polar surface area (TPSA) is 30.9 Å². The minimum absolute atomic E-state index is 0.212. The third-order valence-corrected chi connectivity index (χ3v) is 6.95. The first-order valence-corrected chi connectivity index (χ1v) is 8.42. The van der Waals surface area contributed by atoms with Gasteiger partial charge in [-0.1, -0.05) is 41.5 Å². The molecule has 0 radical (unpaired) electrons. The van der Waals surface area contributed by atoms with Crippen LogP contribution >= 0.6 is 0 Å². The summed E-state index contributed by atoms with van der Waals surface area (Å²) in [6, 6.07) is 2.56. The molecule has 0 saturated heterocycles. The Bertz CT molecular complexity index is 561. The standard InChI is InChI=1S/C19H32N2/c1-12-8-13-14(20)9-17(2,3)10-15(13)21(12)11-16-18(4,5)19(16,6)7/h8,14,16H,9-11,20H2,1-7H3. The van der Waals surface area contributed by atoms with Gasteiger partial charge in [-0.3, -0.25) is 0 Å². The quantitative estimate of drug-likeness (QED) is 0.856. The van der Waals surface area contributed by atoms with Gasteiger partial charge in [0.2, 0.25) is 0 Å². The Morgan fingerprint density at radius 2 is 1.71 bits per heavy atom. The zero-order chi connectivity index (χ0) is 15.8. The molecule has 1 atom stereocenters. The molecule has 1 saturated carbocycles. The number of fused-ring (bicyclic) bond motifs is 1. The second-order valence-corrected chi connectivity index (χ2v) is 9.45. The van der Waals surface area contributed by atoms with Crippen LogP contribution in [-0.2, 0) is 13.0 Å². The second kappa shape index (κ2) is 4.16. The van der Waals surface area contributed by atoms with Crippen molar-refractivity contribution in [1.82, 2.24) is 4.57 Å². The summed E-state index contributed by atoms with van der Waals surface area (Å²) >= 11 is 0. The molecule has 0 bridgehead atoms. The summed E-state index contributed by atoms with van der Waals surface area (Å²) in [4.78, 5) is 0. The molecule has 2 heteroatoms. The van der Waals surface area contributed by atoms with Crippen molar-refractivity contribution in [1.29, 1.82) is 0 Å². The van der Waals surface area contributed by atoms with Crippen LogP contribution in [0, 0.1) is 29.1 Å². The SMILES string of the molecule is Cc1cc2c(n1CC1C(C)(C)C1(C)C)CC(C)(C)CC2N. The van der Waals surface area contributed by atoms with E-state index in [-0.39, 0.29) is 6.04 Å². The molecule has 1 heterocycles. The highest BCUT2D eigenvalue weighted by Gasteiger charge is 2.64. The van der Waals surface area contributed by atoms with Crippen LogP contribution in [0.5, 0.6) is 0 Å². The van der Waals surface area contributed by atoms with E-state index >= 15 is 0 Å². The number of aromatic nitrogens is 1. The van der Waals surface area contributed by atoms with Crippen LogP contribution < -0.4 is 5.73 Å². The molecule has 0 spiro atoms. The first-order chi connectivity index (χ1) is 9.47. The van der Waals surface area contributed by atoms with Crippen molar-refractivity contribution in [2.45, 2.75) is 73.9 Å². The van der Waals surface area contributed by atoms with E-state index in [1.165, 1.54) is 17.0 Å². The van der Waals surface area contributed by atoms with E-state index in [1.54, 1.807) is 0 Å². The maximum Gasteiger partial charge on any atom is 0.0318 e.